The first-order valence-corrected chi connectivity index (χ1v) is 3.16. The molecule has 0 spiro atoms. The number of nitrogens with zero attached hydrogens (tertiary/aromatic N) is 1. The molecule has 1 aliphatic heterocycles. The second-order valence-corrected chi connectivity index (χ2v) is 1.88. The fraction of sp³-hybridized carbons (Fsp3) is 1.00. The summed E-state index contributed by atoms with van der Waals surface area (Å²) >= 11 is 1.72. The summed E-state index contributed by atoms with van der Waals surface area (Å²) in [6.07, 6.45) is 0. The van der Waals surface area contributed by atoms with Crippen molar-refractivity contribution in [2.75, 3.05) is 6.73 Å². The molecule has 1 saturated heterocycles. The van der Waals surface area contributed by atoms with Crippen molar-refractivity contribution in [3.8, 4) is 0 Å². The molecule has 0 amide bonds. The lowest BCUT2D eigenvalue weighted by Gasteiger charge is -2.08. The van der Waals surface area contributed by atoms with E-state index >= 15 is 0 Å². The minimum Gasteiger partial charge on any atom is -0.257 e. The molecule has 9 heteroatoms. The van der Waals surface area contributed by atoms with Crippen molar-refractivity contribution in [2.45, 2.75) is 0 Å². The zero-order chi connectivity index (χ0) is 7.23. The summed E-state index contributed by atoms with van der Waals surface area (Å²) in [5.74, 6) is 0. The van der Waals surface area contributed by atoms with Crippen LogP contribution >= 0.6 is 22.9 Å². The zero-order valence-electron chi connectivity index (χ0n) is 4.67. The summed E-state index contributed by atoms with van der Waals surface area (Å²) in [6, 6.07) is 0. The van der Waals surface area contributed by atoms with Crippen LogP contribution in [0.5, 0.6) is 0 Å². The Bertz CT molecular complexity index is 83.3. The number of hydrogen-bond acceptors (Lipinski definition) is 8. The maximum atomic E-state index is 4.60. The predicted molar refractivity (Wildman–Crippen MR) is 34.5 cm³/mol. The van der Waals surface area contributed by atoms with Crippen LogP contribution in [0, 0.1) is 0 Å². The van der Waals surface area contributed by atoms with Crippen molar-refractivity contribution < 1.29 is 19.7 Å². The lowest BCUT2D eigenvalue weighted by atomic mass is 11.4. The lowest BCUT2D eigenvalue weighted by Crippen LogP contribution is -2.28. The second kappa shape index (κ2) is 5.11. The molecule has 1 rings (SSSR count). The first kappa shape index (κ1) is 8.51. The molecule has 0 aliphatic carbocycles. The molecule has 0 aromatic rings. The van der Waals surface area contributed by atoms with Crippen LogP contribution in [-0.4, -0.2) is 10.2 Å². The van der Waals surface area contributed by atoms with Crippen LogP contribution < -0.4 is 16.8 Å². The minimum atomic E-state index is 0.116. The van der Waals surface area contributed by atoms with Gasteiger partial charge in [-0.05, 0) is 5.64 Å². The van der Waals surface area contributed by atoms with Gasteiger partial charge in [-0.15, -0.1) is 4.94 Å². The van der Waals surface area contributed by atoms with Gasteiger partial charge < -0.3 is 0 Å². The van der Waals surface area contributed by atoms with E-state index in [1.807, 2.05) is 11.3 Å². The molecule has 0 unspecified atom stereocenters. The highest BCUT2D eigenvalue weighted by Gasteiger charge is 2.02. The van der Waals surface area contributed by atoms with E-state index in [4.69, 9.17) is 0 Å². The van der Waals surface area contributed by atoms with E-state index in [1.54, 1.807) is 22.9 Å². The molecule has 0 saturated carbocycles. The molecule has 8 nitrogen and oxygen atoms in total. The summed E-state index contributed by atoms with van der Waals surface area (Å²) in [5, 5.41) is 0. The van der Waals surface area contributed by atoms with Gasteiger partial charge in [0.1, 0.15) is 6.73 Å². The Morgan fingerprint density at radius 3 is 3.10 bits per heavy atom. The van der Waals surface area contributed by atoms with Gasteiger partial charge in [-0.25, -0.2) is 0 Å². The third kappa shape index (κ3) is 3.55. The van der Waals surface area contributed by atoms with Gasteiger partial charge in [-0.1, -0.05) is 5.64 Å². The molecular formula is CH5IN4O4. The summed E-state index contributed by atoms with van der Waals surface area (Å²) in [7, 11) is 0. The van der Waals surface area contributed by atoms with Crippen LogP contribution in [0.2, 0.25) is 0 Å². The Hall–Kier alpha value is 0.410. The van der Waals surface area contributed by atoms with Crippen molar-refractivity contribution in [1.82, 2.24) is 20.2 Å². The monoisotopic (exact) mass is 264 g/mol. The first-order chi connectivity index (χ1) is 4.89. The predicted octanol–water partition coefficient (Wildman–Crippen LogP) is -1.15. The number of halogens is 1. The van der Waals surface area contributed by atoms with Crippen LogP contribution in [0.1, 0.15) is 0 Å². The number of hydrogen-bond donors (Lipinski definition) is 3. The number of hydroxylamine groups is 1. The van der Waals surface area contributed by atoms with Gasteiger partial charge in [0, 0.05) is 3.44 Å². The Balaban J connectivity index is 2.15. The highest BCUT2D eigenvalue weighted by atomic mass is 127. The largest absolute Gasteiger partial charge is 0.257 e. The van der Waals surface area contributed by atoms with Gasteiger partial charge in [0.05, 0.1) is 22.9 Å². The van der Waals surface area contributed by atoms with Crippen LogP contribution in [-0.2, 0) is 19.7 Å². The van der Waals surface area contributed by atoms with Crippen LogP contribution in [0.25, 0.3) is 0 Å². The van der Waals surface area contributed by atoms with Gasteiger partial charge in [0.15, 0.2) is 0 Å². The fourth-order valence-electron chi connectivity index (χ4n) is 0.249. The number of rotatable bonds is 0. The molecule has 1 fully saturated rings. The Morgan fingerprint density at radius 1 is 1.30 bits per heavy atom. The van der Waals surface area contributed by atoms with Gasteiger partial charge in [-0.3, -0.25) is 4.84 Å². The lowest BCUT2D eigenvalue weighted by molar-refractivity contribution is -0.389. The van der Waals surface area contributed by atoms with E-state index < -0.39 is 0 Å². The smallest absolute Gasteiger partial charge is 0.145 e. The highest BCUT2D eigenvalue weighted by Crippen LogP contribution is 1.96. The van der Waals surface area contributed by atoms with E-state index in [0.717, 1.165) is 3.44 Å². The molecule has 0 aromatic carbocycles. The van der Waals surface area contributed by atoms with E-state index in [-0.39, 0.29) is 6.73 Å². The standard InChI is InChI=1S/CH5IN4O4/c2-6-9-3-1-7-4-8-5-10-6/h3-5H,1H2. The van der Waals surface area contributed by atoms with Gasteiger partial charge >= 0.3 is 0 Å². The van der Waals surface area contributed by atoms with Crippen molar-refractivity contribution in [3.63, 3.8) is 0 Å². The normalized spacial score (nSPS) is 24.9. The fourth-order valence-corrected chi connectivity index (χ4v) is 0.469. The third-order valence-corrected chi connectivity index (χ3v) is 0.913. The van der Waals surface area contributed by atoms with Crippen molar-refractivity contribution in [2.24, 2.45) is 0 Å². The highest BCUT2D eigenvalue weighted by molar-refractivity contribution is 14.1. The van der Waals surface area contributed by atoms with E-state index in [1.165, 1.54) is 0 Å². The summed E-state index contributed by atoms with van der Waals surface area (Å²) in [4.78, 5) is 17.9. The van der Waals surface area contributed by atoms with E-state index in [0.29, 0.717) is 0 Å². The van der Waals surface area contributed by atoms with Crippen molar-refractivity contribution in [3.05, 3.63) is 0 Å². The maximum Gasteiger partial charge on any atom is 0.145 e. The molecule has 0 aromatic heterocycles. The maximum absolute atomic E-state index is 4.60. The average molecular weight is 264 g/mol. The van der Waals surface area contributed by atoms with Gasteiger partial charge in [0.2, 0.25) is 0 Å². The third-order valence-electron chi connectivity index (χ3n) is 0.519. The Kier molecular flexibility index (Phi) is 4.35. The van der Waals surface area contributed by atoms with Crippen LogP contribution in [0.4, 0.5) is 0 Å². The molecule has 0 bridgehead atoms. The van der Waals surface area contributed by atoms with Crippen molar-refractivity contribution in [1.29, 1.82) is 0 Å². The average Bonchev–Trinajstić information content (AvgIpc) is 2.02. The molecule has 0 atom stereocenters. The Morgan fingerprint density at radius 2 is 2.20 bits per heavy atom. The summed E-state index contributed by atoms with van der Waals surface area (Å²) < 4.78 is 0.966. The summed E-state index contributed by atoms with van der Waals surface area (Å²) in [5.41, 5.74) is 6.40. The van der Waals surface area contributed by atoms with E-state index in [2.05, 4.69) is 25.1 Å². The Labute approximate surface area is 69.9 Å². The molecule has 60 valence electrons. The topological polar surface area (TPSA) is 76.3 Å². The van der Waals surface area contributed by atoms with Crippen LogP contribution in [0.15, 0.2) is 0 Å². The second-order valence-electron chi connectivity index (χ2n) is 1.10. The molecule has 0 radical (unpaired) electrons. The molecule has 1 heterocycles. The first-order valence-electron chi connectivity index (χ1n) is 2.20. The SMILES string of the molecule is IN1ONCONONO1. The quantitative estimate of drug-likeness (QED) is 0.374. The molecule has 1 aliphatic rings. The summed E-state index contributed by atoms with van der Waals surface area (Å²) in [6.45, 7) is 0.116. The van der Waals surface area contributed by atoms with Crippen molar-refractivity contribution >= 4 is 22.9 Å². The minimum absolute atomic E-state index is 0.116. The van der Waals surface area contributed by atoms with Crippen LogP contribution in [0.3, 0.4) is 0 Å². The molecule has 3 N–H and O–H groups in total. The molecule has 10 heavy (non-hydrogen) atoms. The zero-order valence-corrected chi connectivity index (χ0v) is 6.82. The van der Waals surface area contributed by atoms with E-state index in [9.17, 15) is 0 Å². The van der Waals surface area contributed by atoms with Gasteiger partial charge in [-0.2, -0.15) is 15.4 Å². The number of nitrogens with one attached hydrogen (secondary N) is 3. The van der Waals surface area contributed by atoms with Gasteiger partial charge in [0.25, 0.3) is 0 Å². The molecular weight excluding hydrogens is 259 g/mol.